The van der Waals surface area contributed by atoms with E-state index in [4.69, 9.17) is 0 Å². The maximum absolute atomic E-state index is 3.86. The summed E-state index contributed by atoms with van der Waals surface area (Å²) in [4.78, 5) is 0. The SMILES string of the molecule is [CH2]CCCCCCCC=CC[CH]CCCC. The van der Waals surface area contributed by atoms with Crippen molar-refractivity contribution in [1.29, 1.82) is 0 Å². The highest BCUT2D eigenvalue weighted by atomic mass is 13.9. The molecule has 0 N–H and O–H groups in total. The van der Waals surface area contributed by atoms with Crippen LogP contribution in [0, 0.1) is 13.3 Å². The molecule has 0 aliphatic rings. The van der Waals surface area contributed by atoms with Gasteiger partial charge in [-0.25, -0.2) is 0 Å². The van der Waals surface area contributed by atoms with E-state index in [0.29, 0.717) is 0 Å². The van der Waals surface area contributed by atoms with E-state index < -0.39 is 0 Å². The molecule has 0 aromatic carbocycles. The van der Waals surface area contributed by atoms with Crippen LogP contribution in [0.25, 0.3) is 0 Å². The van der Waals surface area contributed by atoms with E-state index in [1.807, 2.05) is 0 Å². The molecule has 0 aliphatic carbocycles. The Kier molecular flexibility index (Phi) is 14.5. The summed E-state index contributed by atoms with van der Waals surface area (Å²) in [7, 11) is 0. The predicted molar refractivity (Wildman–Crippen MR) is 75.3 cm³/mol. The Morgan fingerprint density at radius 2 is 1.56 bits per heavy atom. The molecule has 0 fully saturated rings. The monoisotopic (exact) mass is 222 g/mol. The minimum absolute atomic E-state index is 1.10. The van der Waals surface area contributed by atoms with Crippen molar-refractivity contribution in [3.8, 4) is 0 Å². The molecule has 0 saturated heterocycles. The van der Waals surface area contributed by atoms with Crippen molar-refractivity contribution in [2.24, 2.45) is 0 Å². The third-order valence-corrected chi connectivity index (χ3v) is 2.85. The molecule has 0 amide bonds. The normalized spacial score (nSPS) is 11.4. The average molecular weight is 222 g/mol. The fraction of sp³-hybridized carbons (Fsp3) is 0.750. The molecule has 0 spiro atoms. The van der Waals surface area contributed by atoms with Gasteiger partial charge in [0.2, 0.25) is 0 Å². The summed E-state index contributed by atoms with van der Waals surface area (Å²) in [6, 6.07) is 0. The topological polar surface area (TPSA) is 0 Å². The number of unbranched alkanes of at least 4 members (excludes halogenated alkanes) is 10. The van der Waals surface area contributed by atoms with E-state index in [-0.39, 0.29) is 0 Å². The summed E-state index contributed by atoms with van der Waals surface area (Å²) in [6.45, 7) is 6.11. The summed E-state index contributed by atoms with van der Waals surface area (Å²) in [6.07, 6.45) is 21.4. The van der Waals surface area contributed by atoms with Crippen LogP contribution in [0.3, 0.4) is 0 Å². The Morgan fingerprint density at radius 3 is 2.31 bits per heavy atom. The number of rotatable bonds is 12. The number of hydrogen-bond acceptors (Lipinski definition) is 0. The van der Waals surface area contributed by atoms with Crippen molar-refractivity contribution in [2.75, 3.05) is 0 Å². The molecule has 0 unspecified atom stereocenters. The molecule has 0 aromatic rings. The van der Waals surface area contributed by atoms with E-state index >= 15 is 0 Å². The lowest BCUT2D eigenvalue weighted by molar-refractivity contribution is 0.621. The maximum atomic E-state index is 3.86. The van der Waals surface area contributed by atoms with E-state index in [9.17, 15) is 0 Å². The molecular formula is C16H30. The Hall–Kier alpha value is -0.260. The number of allylic oxidation sites excluding steroid dienone is 2. The molecule has 0 nitrogen and oxygen atoms in total. The quantitative estimate of drug-likeness (QED) is 0.285. The van der Waals surface area contributed by atoms with Gasteiger partial charge in [-0.05, 0) is 32.1 Å². The maximum Gasteiger partial charge on any atom is -0.0319 e. The fourth-order valence-corrected chi connectivity index (χ4v) is 1.75. The van der Waals surface area contributed by atoms with Crippen LogP contribution in [0.1, 0.15) is 77.6 Å². The molecule has 0 saturated carbocycles. The zero-order valence-electron chi connectivity index (χ0n) is 11.2. The minimum Gasteiger partial charge on any atom is -0.0885 e. The predicted octanol–water partition coefficient (Wildman–Crippen LogP) is 5.89. The Labute approximate surface area is 104 Å². The first-order valence-electron chi connectivity index (χ1n) is 7.17. The molecule has 94 valence electrons. The van der Waals surface area contributed by atoms with E-state index in [1.54, 1.807) is 0 Å². The van der Waals surface area contributed by atoms with Crippen molar-refractivity contribution in [1.82, 2.24) is 0 Å². The molecular weight excluding hydrogens is 192 g/mol. The summed E-state index contributed by atoms with van der Waals surface area (Å²) in [5.41, 5.74) is 0. The summed E-state index contributed by atoms with van der Waals surface area (Å²) >= 11 is 0. The van der Waals surface area contributed by atoms with Crippen LogP contribution >= 0.6 is 0 Å². The van der Waals surface area contributed by atoms with Gasteiger partial charge in [-0.3, -0.25) is 0 Å². The molecule has 0 bridgehead atoms. The highest BCUT2D eigenvalue weighted by Crippen LogP contribution is 2.08. The second-order valence-corrected chi connectivity index (χ2v) is 4.55. The molecule has 0 aliphatic heterocycles. The molecule has 2 radical (unpaired) electrons. The van der Waals surface area contributed by atoms with E-state index in [2.05, 4.69) is 32.4 Å². The molecule has 0 rings (SSSR count). The zero-order chi connectivity index (χ0) is 11.9. The van der Waals surface area contributed by atoms with Gasteiger partial charge in [0.05, 0.1) is 0 Å². The van der Waals surface area contributed by atoms with Crippen LogP contribution in [0.4, 0.5) is 0 Å². The Balaban J connectivity index is 2.98. The van der Waals surface area contributed by atoms with Crippen molar-refractivity contribution in [3.05, 3.63) is 25.5 Å². The van der Waals surface area contributed by atoms with Gasteiger partial charge in [0.25, 0.3) is 0 Å². The largest absolute Gasteiger partial charge is 0.0885 e. The highest BCUT2D eigenvalue weighted by molar-refractivity contribution is 4.86. The Bertz CT molecular complexity index is 135. The second-order valence-electron chi connectivity index (χ2n) is 4.55. The van der Waals surface area contributed by atoms with Crippen LogP contribution in [0.15, 0.2) is 12.2 Å². The highest BCUT2D eigenvalue weighted by Gasteiger charge is 1.88. The van der Waals surface area contributed by atoms with Crippen LogP contribution in [-0.4, -0.2) is 0 Å². The first-order chi connectivity index (χ1) is 7.91. The minimum atomic E-state index is 1.10. The van der Waals surface area contributed by atoms with Gasteiger partial charge < -0.3 is 0 Å². The van der Waals surface area contributed by atoms with Gasteiger partial charge in [-0.2, -0.15) is 0 Å². The summed E-state index contributed by atoms with van der Waals surface area (Å²) in [5.74, 6) is 0. The van der Waals surface area contributed by atoms with Crippen molar-refractivity contribution in [3.63, 3.8) is 0 Å². The molecule has 0 aromatic heterocycles. The van der Waals surface area contributed by atoms with Gasteiger partial charge in [0.15, 0.2) is 0 Å². The standard InChI is InChI=1S/C16H30/c1-3-5-7-9-11-13-15-16-14-12-10-8-6-4-2/h10,14,16H,1,3-9,11-13,15H2,2H3. The van der Waals surface area contributed by atoms with Crippen LogP contribution in [0.2, 0.25) is 0 Å². The van der Waals surface area contributed by atoms with E-state index in [0.717, 1.165) is 6.42 Å². The van der Waals surface area contributed by atoms with Gasteiger partial charge in [-0.15, -0.1) is 0 Å². The molecule has 0 atom stereocenters. The lowest BCUT2D eigenvalue weighted by Crippen LogP contribution is -1.78. The van der Waals surface area contributed by atoms with Gasteiger partial charge in [-0.1, -0.05) is 70.9 Å². The van der Waals surface area contributed by atoms with Gasteiger partial charge in [0.1, 0.15) is 0 Å². The Morgan fingerprint density at radius 1 is 0.812 bits per heavy atom. The summed E-state index contributed by atoms with van der Waals surface area (Å²) in [5, 5.41) is 0. The third kappa shape index (κ3) is 13.7. The lowest BCUT2D eigenvalue weighted by atomic mass is 10.1. The van der Waals surface area contributed by atoms with Crippen LogP contribution in [-0.2, 0) is 0 Å². The average Bonchev–Trinajstić information content (AvgIpc) is 2.31. The van der Waals surface area contributed by atoms with E-state index in [1.165, 1.54) is 64.2 Å². The fourth-order valence-electron chi connectivity index (χ4n) is 1.75. The first-order valence-corrected chi connectivity index (χ1v) is 7.17. The van der Waals surface area contributed by atoms with Crippen molar-refractivity contribution in [2.45, 2.75) is 77.6 Å². The molecule has 16 heavy (non-hydrogen) atoms. The lowest BCUT2D eigenvalue weighted by Gasteiger charge is -1.97. The molecule has 0 heterocycles. The van der Waals surface area contributed by atoms with Gasteiger partial charge >= 0.3 is 0 Å². The zero-order valence-corrected chi connectivity index (χ0v) is 11.2. The van der Waals surface area contributed by atoms with Crippen LogP contribution < -0.4 is 0 Å². The number of hydrogen-bond donors (Lipinski definition) is 0. The first kappa shape index (κ1) is 15.7. The van der Waals surface area contributed by atoms with Gasteiger partial charge in [0, 0.05) is 0 Å². The second kappa shape index (κ2) is 14.7. The summed E-state index contributed by atoms with van der Waals surface area (Å²) < 4.78 is 0. The van der Waals surface area contributed by atoms with Crippen LogP contribution in [0.5, 0.6) is 0 Å². The molecule has 0 heteroatoms. The van der Waals surface area contributed by atoms with Crippen molar-refractivity contribution < 1.29 is 0 Å². The van der Waals surface area contributed by atoms with Crippen molar-refractivity contribution >= 4 is 0 Å². The third-order valence-electron chi connectivity index (χ3n) is 2.85. The smallest absolute Gasteiger partial charge is 0.0319 e.